The topological polar surface area (TPSA) is 26.3 Å². The van der Waals surface area contributed by atoms with Crippen molar-refractivity contribution in [1.82, 2.24) is 0 Å². The number of cyclic esters (lactones) is 1. The van der Waals surface area contributed by atoms with Gasteiger partial charge in [0.1, 0.15) is 11.7 Å². The van der Waals surface area contributed by atoms with Crippen molar-refractivity contribution in [1.29, 1.82) is 0 Å². The lowest BCUT2D eigenvalue weighted by molar-refractivity contribution is -0.156. The van der Waals surface area contributed by atoms with E-state index in [0.717, 1.165) is 25.0 Å². The van der Waals surface area contributed by atoms with Crippen LogP contribution in [0, 0.1) is 5.92 Å². The van der Waals surface area contributed by atoms with Gasteiger partial charge in [-0.3, -0.25) is 4.79 Å². The Hall–Kier alpha value is -1.31. The lowest BCUT2D eigenvalue weighted by Crippen LogP contribution is -2.31. The van der Waals surface area contributed by atoms with Gasteiger partial charge in [0.2, 0.25) is 0 Å². The molecule has 1 atom stereocenters. The van der Waals surface area contributed by atoms with E-state index in [4.69, 9.17) is 4.74 Å². The van der Waals surface area contributed by atoms with Crippen molar-refractivity contribution in [2.24, 2.45) is 5.92 Å². The van der Waals surface area contributed by atoms with Crippen LogP contribution in [0.5, 0.6) is 0 Å². The molecule has 0 N–H and O–H groups in total. The summed E-state index contributed by atoms with van der Waals surface area (Å²) in [6.45, 7) is 4.58. The minimum absolute atomic E-state index is 0.0400. The van der Waals surface area contributed by atoms with Crippen LogP contribution in [-0.4, -0.2) is 5.97 Å². The highest BCUT2D eigenvalue weighted by Crippen LogP contribution is 2.30. The van der Waals surface area contributed by atoms with Crippen LogP contribution in [-0.2, 0) is 9.53 Å². The molecule has 1 heterocycles. The Bertz CT molecular complexity index is 703. The van der Waals surface area contributed by atoms with Crippen LogP contribution in [0.4, 0.5) is 0 Å². The van der Waals surface area contributed by atoms with Crippen molar-refractivity contribution >= 4 is 5.97 Å². The predicted octanol–water partition coefficient (Wildman–Crippen LogP) is 14.7. The molecule has 1 aliphatic rings. The first-order valence-corrected chi connectivity index (χ1v) is 20.0. The molecule has 0 aromatic rings. The summed E-state index contributed by atoms with van der Waals surface area (Å²) >= 11 is 0. The summed E-state index contributed by atoms with van der Waals surface area (Å²) in [5.74, 6) is 0.794. The van der Waals surface area contributed by atoms with Crippen LogP contribution in [0.15, 0.2) is 36.1 Å². The van der Waals surface area contributed by atoms with Gasteiger partial charge in [0.25, 0.3) is 0 Å². The number of esters is 1. The standard InChI is InChI=1S/C42H76O2/c1-3-5-7-9-11-13-15-17-19-21-23-25-27-29-31-33-35-37-39-41-40(42(43)44-41)38-36-34-32-30-28-26-24-22-20-18-16-14-12-10-8-6-4-2/h33-36,39-40H,3-32,37-38H2,1-2H3/b35-33+,36-34+,41-39+. The zero-order valence-corrected chi connectivity index (χ0v) is 29.9. The normalized spacial score (nSPS) is 16.0. The third-order valence-electron chi connectivity index (χ3n) is 9.46. The van der Waals surface area contributed by atoms with E-state index in [9.17, 15) is 4.79 Å². The molecule has 2 nitrogen and oxygen atoms in total. The van der Waals surface area contributed by atoms with E-state index in [1.165, 1.54) is 186 Å². The van der Waals surface area contributed by atoms with Crippen LogP contribution >= 0.6 is 0 Å². The second-order valence-electron chi connectivity index (χ2n) is 13.8. The van der Waals surface area contributed by atoms with Crippen molar-refractivity contribution < 1.29 is 9.53 Å². The molecule has 0 spiro atoms. The molecule has 2 heteroatoms. The molecule has 1 unspecified atom stereocenters. The van der Waals surface area contributed by atoms with Crippen molar-refractivity contribution in [3.05, 3.63) is 36.1 Å². The number of hydrogen-bond donors (Lipinski definition) is 0. The number of carbonyl (C=O) groups excluding carboxylic acids is 1. The number of allylic oxidation sites excluding steroid dienone is 5. The summed E-state index contributed by atoms with van der Waals surface area (Å²) < 4.78 is 5.32. The van der Waals surface area contributed by atoms with E-state index < -0.39 is 0 Å². The second-order valence-corrected chi connectivity index (χ2v) is 13.8. The first-order chi connectivity index (χ1) is 21.8. The van der Waals surface area contributed by atoms with E-state index >= 15 is 0 Å². The molecule has 1 fully saturated rings. The Morgan fingerprint density at radius 1 is 0.455 bits per heavy atom. The van der Waals surface area contributed by atoms with Crippen molar-refractivity contribution in [2.45, 2.75) is 219 Å². The Morgan fingerprint density at radius 3 is 1.16 bits per heavy atom. The van der Waals surface area contributed by atoms with E-state index in [1.54, 1.807) is 0 Å². The summed E-state index contributed by atoms with van der Waals surface area (Å²) in [7, 11) is 0. The molecule has 1 rings (SSSR count). The molecular formula is C42H76O2. The van der Waals surface area contributed by atoms with Crippen LogP contribution in [0.3, 0.4) is 0 Å². The Kier molecular flexibility index (Phi) is 30.6. The van der Waals surface area contributed by atoms with Gasteiger partial charge in [-0.05, 0) is 44.6 Å². The number of unbranched alkanes of at least 4 members (excludes halogenated alkanes) is 28. The molecule has 256 valence electrons. The Labute approximate surface area is 276 Å². The average Bonchev–Trinajstić information content (AvgIpc) is 3.03. The van der Waals surface area contributed by atoms with Crippen LogP contribution in [0.1, 0.15) is 219 Å². The number of hydrogen-bond acceptors (Lipinski definition) is 2. The maximum absolute atomic E-state index is 11.9. The predicted molar refractivity (Wildman–Crippen MR) is 195 cm³/mol. The van der Waals surface area contributed by atoms with E-state index in [0.29, 0.717) is 0 Å². The summed E-state index contributed by atoms with van der Waals surface area (Å²) in [5, 5.41) is 0. The van der Waals surface area contributed by atoms with Gasteiger partial charge in [-0.1, -0.05) is 205 Å². The SMILES string of the molecule is CCCCCCCCCCCCCCCC/C=C/C/C=C1/OC(=O)C1C/C=C/CCCCCCCCCCCCCCCC. The average molecular weight is 613 g/mol. The maximum Gasteiger partial charge on any atom is 0.322 e. The lowest BCUT2D eigenvalue weighted by atomic mass is 9.96. The van der Waals surface area contributed by atoms with Gasteiger partial charge >= 0.3 is 5.97 Å². The highest BCUT2D eigenvalue weighted by atomic mass is 16.6. The minimum atomic E-state index is -0.0521. The fraction of sp³-hybridized carbons (Fsp3) is 0.833. The van der Waals surface area contributed by atoms with Gasteiger partial charge in [-0.15, -0.1) is 0 Å². The summed E-state index contributed by atoms with van der Waals surface area (Å²) in [6, 6.07) is 0. The first-order valence-electron chi connectivity index (χ1n) is 20.0. The maximum atomic E-state index is 11.9. The minimum Gasteiger partial charge on any atom is -0.430 e. The number of carbonyl (C=O) groups is 1. The van der Waals surface area contributed by atoms with E-state index in [2.05, 4.69) is 44.2 Å². The molecule has 44 heavy (non-hydrogen) atoms. The van der Waals surface area contributed by atoms with Crippen molar-refractivity contribution in [3.8, 4) is 0 Å². The van der Waals surface area contributed by atoms with E-state index in [1.807, 2.05) is 0 Å². The Morgan fingerprint density at radius 2 is 0.795 bits per heavy atom. The summed E-state index contributed by atoms with van der Waals surface area (Å²) in [4.78, 5) is 11.9. The number of ether oxygens (including phenoxy) is 1. The van der Waals surface area contributed by atoms with Crippen LogP contribution in [0.2, 0.25) is 0 Å². The number of rotatable bonds is 34. The molecule has 0 aliphatic carbocycles. The zero-order chi connectivity index (χ0) is 31.6. The molecular weight excluding hydrogens is 536 g/mol. The molecule has 0 saturated carbocycles. The zero-order valence-electron chi connectivity index (χ0n) is 29.9. The largest absolute Gasteiger partial charge is 0.430 e. The second kappa shape index (κ2) is 33.1. The lowest BCUT2D eigenvalue weighted by Gasteiger charge is -2.26. The van der Waals surface area contributed by atoms with Gasteiger partial charge in [-0.25, -0.2) is 0 Å². The first kappa shape index (κ1) is 40.7. The fourth-order valence-corrected chi connectivity index (χ4v) is 6.37. The third kappa shape index (κ3) is 26.0. The van der Waals surface area contributed by atoms with Gasteiger partial charge in [0.05, 0.1) is 0 Å². The van der Waals surface area contributed by atoms with Gasteiger partial charge in [0.15, 0.2) is 0 Å². The summed E-state index contributed by atoms with van der Waals surface area (Å²) in [6.07, 6.45) is 54.5. The molecule has 0 aromatic carbocycles. The molecule has 1 aliphatic heterocycles. The molecule has 0 radical (unpaired) electrons. The van der Waals surface area contributed by atoms with Crippen molar-refractivity contribution in [3.63, 3.8) is 0 Å². The van der Waals surface area contributed by atoms with E-state index in [-0.39, 0.29) is 11.9 Å². The highest BCUT2D eigenvalue weighted by molar-refractivity contribution is 5.83. The third-order valence-corrected chi connectivity index (χ3v) is 9.46. The van der Waals surface area contributed by atoms with Gasteiger partial charge in [0, 0.05) is 0 Å². The highest BCUT2D eigenvalue weighted by Gasteiger charge is 2.35. The molecule has 1 saturated heterocycles. The summed E-state index contributed by atoms with van der Waals surface area (Å²) in [5.41, 5.74) is 0. The Balaban J connectivity index is 1.88. The van der Waals surface area contributed by atoms with Crippen LogP contribution < -0.4 is 0 Å². The molecule has 0 bridgehead atoms. The van der Waals surface area contributed by atoms with Gasteiger partial charge in [-0.2, -0.15) is 0 Å². The monoisotopic (exact) mass is 613 g/mol. The molecule has 0 amide bonds. The molecule has 0 aromatic heterocycles. The van der Waals surface area contributed by atoms with Crippen LogP contribution in [0.25, 0.3) is 0 Å². The quantitative estimate of drug-likeness (QED) is 0.0410. The fourth-order valence-electron chi connectivity index (χ4n) is 6.37. The van der Waals surface area contributed by atoms with Gasteiger partial charge < -0.3 is 4.74 Å². The smallest absolute Gasteiger partial charge is 0.322 e. The van der Waals surface area contributed by atoms with Crippen molar-refractivity contribution in [2.75, 3.05) is 0 Å².